The van der Waals surface area contributed by atoms with Gasteiger partial charge in [0.25, 0.3) is 0 Å². The molecule has 2 fully saturated rings. The Morgan fingerprint density at radius 2 is 1.90 bits per heavy atom. The number of halogens is 1. The van der Waals surface area contributed by atoms with Crippen molar-refractivity contribution in [2.45, 2.75) is 37.6 Å². The van der Waals surface area contributed by atoms with Gasteiger partial charge in [-0.1, -0.05) is 23.7 Å². The molecule has 0 aromatic heterocycles. The Labute approximate surface area is 131 Å². The minimum atomic E-state index is -0.239. The number of aliphatic hydroxyl groups excluding tert-OH is 1. The number of rotatable bonds is 4. The van der Waals surface area contributed by atoms with E-state index in [2.05, 4.69) is 27.7 Å². The Bertz CT molecular complexity index is 445. The van der Waals surface area contributed by atoms with E-state index in [4.69, 9.17) is 11.6 Å². The van der Waals surface area contributed by atoms with Crippen LogP contribution in [-0.2, 0) is 6.54 Å². The van der Waals surface area contributed by atoms with Gasteiger partial charge in [0.05, 0.1) is 6.10 Å². The lowest BCUT2D eigenvalue weighted by Crippen LogP contribution is -2.49. The quantitative estimate of drug-likeness (QED) is 0.783. The second-order valence-corrected chi connectivity index (χ2v) is 6.61. The molecular weight excluding hydrogens is 286 g/mol. The van der Waals surface area contributed by atoms with Crippen molar-refractivity contribution in [1.29, 1.82) is 0 Å². The van der Waals surface area contributed by atoms with E-state index in [1.54, 1.807) is 0 Å². The molecule has 2 saturated heterocycles. The number of hydrogen-bond acceptors (Lipinski definition) is 4. The van der Waals surface area contributed by atoms with E-state index in [0.29, 0.717) is 12.6 Å². The molecule has 4 nitrogen and oxygen atoms in total. The van der Waals surface area contributed by atoms with Crippen LogP contribution in [0.4, 0.5) is 0 Å². The molecular formula is C16H24ClN3O. The largest absolute Gasteiger partial charge is 0.390 e. The van der Waals surface area contributed by atoms with Gasteiger partial charge >= 0.3 is 0 Å². The summed E-state index contributed by atoms with van der Waals surface area (Å²) in [5, 5.41) is 17.5. The Balaban J connectivity index is 1.43. The molecule has 3 N–H and O–H groups in total. The van der Waals surface area contributed by atoms with Crippen molar-refractivity contribution in [3.63, 3.8) is 0 Å². The second-order valence-electron chi connectivity index (χ2n) is 6.18. The summed E-state index contributed by atoms with van der Waals surface area (Å²) in [6, 6.07) is 8.88. The van der Waals surface area contributed by atoms with Crippen LogP contribution in [0.2, 0.25) is 5.02 Å². The summed E-state index contributed by atoms with van der Waals surface area (Å²) in [7, 11) is 0. The molecule has 116 valence electrons. The predicted molar refractivity (Wildman–Crippen MR) is 85.6 cm³/mol. The first-order valence-electron chi connectivity index (χ1n) is 7.82. The van der Waals surface area contributed by atoms with Crippen LogP contribution in [0, 0.1) is 0 Å². The topological polar surface area (TPSA) is 47.5 Å². The van der Waals surface area contributed by atoms with Crippen molar-refractivity contribution in [2.75, 3.05) is 26.2 Å². The van der Waals surface area contributed by atoms with Crippen LogP contribution in [0.3, 0.4) is 0 Å². The molecule has 0 saturated carbocycles. The van der Waals surface area contributed by atoms with Gasteiger partial charge < -0.3 is 15.7 Å². The third kappa shape index (κ3) is 4.18. The Morgan fingerprint density at radius 1 is 1.19 bits per heavy atom. The highest BCUT2D eigenvalue weighted by Gasteiger charge is 2.28. The molecule has 1 aromatic rings. The van der Waals surface area contributed by atoms with Gasteiger partial charge in [0.2, 0.25) is 0 Å². The lowest BCUT2D eigenvalue weighted by Gasteiger charge is -2.34. The number of piperidine rings is 1. The monoisotopic (exact) mass is 309 g/mol. The molecule has 0 aliphatic carbocycles. The summed E-state index contributed by atoms with van der Waals surface area (Å²) in [5.41, 5.74) is 1.32. The van der Waals surface area contributed by atoms with Crippen molar-refractivity contribution in [1.82, 2.24) is 15.5 Å². The normalized spacial score (nSPS) is 28.1. The lowest BCUT2D eigenvalue weighted by atomic mass is 10.0. The number of nitrogens with zero attached hydrogens (tertiary/aromatic N) is 1. The average Bonchev–Trinajstić information content (AvgIpc) is 2.89. The van der Waals surface area contributed by atoms with Crippen molar-refractivity contribution < 1.29 is 5.11 Å². The Kier molecular flexibility index (Phi) is 5.14. The molecule has 2 atom stereocenters. The van der Waals surface area contributed by atoms with Crippen molar-refractivity contribution >= 4 is 11.6 Å². The molecule has 1 aromatic carbocycles. The van der Waals surface area contributed by atoms with Crippen molar-refractivity contribution in [3.05, 3.63) is 34.9 Å². The fraction of sp³-hybridized carbons (Fsp3) is 0.625. The summed E-state index contributed by atoms with van der Waals surface area (Å²) in [5.74, 6) is 0. The number of nitrogens with one attached hydrogen (secondary N) is 2. The van der Waals surface area contributed by atoms with Gasteiger partial charge in [0.15, 0.2) is 0 Å². The maximum atomic E-state index is 9.84. The van der Waals surface area contributed by atoms with Crippen LogP contribution in [-0.4, -0.2) is 54.4 Å². The summed E-state index contributed by atoms with van der Waals surface area (Å²) < 4.78 is 0. The molecule has 0 spiro atoms. The maximum absolute atomic E-state index is 9.84. The van der Waals surface area contributed by atoms with Crippen LogP contribution in [0.15, 0.2) is 24.3 Å². The molecule has 0 unspecified atom stereocenters. The molecule has 5 heteroatoms. The van der Waals surface area contributed by atoms with E-state index in [0.717, 1.165) is 44.0 Å². The number of likely N-dealkylation sites (tertiary alicyclic amines) is 1. The number of hydrogen-bond donors (Lipinski definition) is 3. The van der Waals surface area contributed by atoms with E-state index >= 15 is 0 Å². The molecule has 2 heterocycles. The van der Waals surface area contributed by atoms with Crippen LogP contribution >= 0.6 is 11.6 Å². The first-order chi connectivity index (χ1) is 10.2. The van der Waals surface area contributed by atoms with Gasteiger partial charge in [0.1, 0.15) is 0 Å². The zero-order chi connectivity index (χ0) is 14.7. The Morgan fingerprint density at radius 3 is 2.52 bits per heavy atom. The zero-order valence-corrected chi connectivity index (χ0v) is 13.0. The SMILES string of the molecule is O[C@@H]1CNC[C@H]1NC1CCN(Cc2ccc(Cl)cc2)CC1. The standard InChI is InChI=1S/C16H24ClN3O/c17-13-3-1-12(2-4-13)11-20-7-5-14(6-8-20)19-15-9-18-10-16(15)21/h1-4,14-16,18-19,21H,5-11H2/t15-,16-/m1/s1. The zero-order valence-electron chi connectivity index (χ0n) is 12.3. The summed E-state index contributed by atoms with van der Waals surface area (Å²) in [4.78, 5) is 2.49. The number of β-amino-alcohol motifs (C(OH)–C–C–N with tert-alkyl or cyclic N) is 1. The highest BCUT2D eigenvalue weighted by atomic mass is 35.5. The highest BCUT2D eigenvalue weighted by Crippen LogP contribution is 2.17. The molecule has 2 aliphatic heterocycles. The first-order valence-corrected chi connectivity index (χ1v) is 8.20. The van der Waals surface area contributed by atoms with Crippen LogP contribution in [0.5, 0.6) is 0 Å². The fourth-order valence-electron chi connectivity index (χ4n) is 3.24. The van der Waals surface area contributed by atoms with Gasteiger partial charge in [-0.05, 0) is 43.6 Å². The minimum Gasteiger partial charge on any atom is -0.390 e. The van der Waals surface area contributed by atoms with E-state index < -0.39 is 0 Å². The van der Waals surface area contributed by atoms with Gasteiger partial charge in [0, 0.05) is 36.7 Å². The third-order valence-corrected chi connectivity index (χ3v) is 4.79. The highest BCUT2D eigenvalue weighted by molar-refractivity contribution is 6.30. The molecule has 3 rings (SSSR count). The molecule has 0 amide bonds. The van der Waals surface area contributed by atoms with E-state index in [9.17, 15) is 5.11 Å². The molecule has 0 radical (unpaired) electrons. The minimum absolute atomic E-state index is 0.220. The predicted octanol–water partition coefficient (Wildman–Crippen LogP) is 1.23. The summed E-state index contributed by atoms with van der Waals surface area (Å²) >= 11 is 5.92. The maximum Gasteiger partial charge on any atom is 0.0829 e. The smallest absolute Gasteiger partial charge is 0.0829 e. The van der Waals surface area contributed by atoms with E-state index in [-0.39, 0.29) is 12.1 Å². The summed E-state index contributed by atoms with van der Waals surface area (Å²) in [6.07, 6.45) is 2.06. The van der Waals surface area contributed by atoms with Gasteiger partial charge in [-0.3, -0.25) is 4.90 Å². The Hall–Kier alpha value is -0.650. The average molecular weight is 310 g/mol. The second kappa shape index (κ2) is 7.07. The lowest BCUT2D eigenvalue weighted by molar-refractivity contribution is 0.136. The van der Waals surface area contributed by atoms with Crippen LogP contribution < -0.4 is 10.6 Å². The van der Waals surface area contributed by atoms with Gasteiger partial charge in [-0.2, -0.15) is 0 Å². The van der Waals surface area contributed by atoms with Crippen LogP contribution in [0.1, 0.15) is 18.4 Å². The third-order valence-electron chi connectivity index (χ3n) is 4.54. The van der Waals surface area contributed by atoms with Gasteiger partial charge in [-0.25, -0.2) is 0 Å². The summed E-state index contributed by atoms with van der Waals surface area (Å²) in [6.45, 7) is 4.81. The number of aliphatic hydroxyl groups is 1. The van der Waals surface area contributed by atoms with Crippen molar-refractivity contribution in [3.8, 4) is 0 Å². The molecule has 0 bridgehead atoms. The molecule has 2 aliphatic rings. The number of benzene rings is 1. The van der Waals surface area contributed by atoms with E-state index in [1.807, 2.05) is 12.1 Å². The van der Waals surface area contributed by atoms with Gasteiger partial charge in [-0.15, -0.1) is 0 Å². The van der Waals surface area contributed by atoms with Crippen molar-refractivity contribution in [2.24, 2.45) is 0 Å². The fourth-order valence-corrected chi connectivity index (χ4v) is 3.37. The van der Waals surface area contributed by atoms with E-state index in [1.165, 1.54) is 5.56 Å². The molecule has 21 heavy (non-hydrogen) atoms. The van der Waals surface area contributed by atoms with Crippen LogP contribution in [0.25, 0.3) is 0 Å². The first kappa shape index (κ1) is 15.3.